The Morgan fingerprint density at radius 3 is 2.37 bits per heavy atom. The van der Waals surface area contributed by atoms with Gasteiger partial charge in [-0.25, -0.2) is 0 Å². The third kappa shape index (κ3) is 6.77. The monoisotopic (exact) mass is 534 g/mol. The summed E-state index contributed by atoms with van der Waals surface area (Å²) in [5.41, 5.74) is 0.685. The van der Waals surface area contributed by atoms with Crippen molar-refractivity contribution in [1.29, 1.82) is 0 Å². The van der Waals surface area contributed by atoms with Crippen molar-refractivity contribution in [1.82, 2.24) is 10.2 Å². The number of carbonyl (C=O) groups excluding carboxylic acids is 2. The number of likely N-dealkylation sites (N-methyl/N-ethyl adjacent to an activating group) is 1. The Kier molecular flexibility index (Phi) is 9.75. The lowest BCUT2D eigenvalue weighted by Gasteiger charge is -2.30. The fourth-order valence-electron chi connectivity index (χ4n) is 2.86. The molecule has 2 rings (SSSR count). The van der Waals surface area contributed by atoms with Crippen molar-refractivity contribution in [3.63, 3.8) is 0 Å². The molecule has 0 saturated carbocycles. The number of rotatable bonds is 9. The molecule has 0 aliphatic carbocycles. The molecule has 9 heteroatoms. The van der Waals surface area contributed by atoms with E-state index in [2.05, 4.69) is 21.2 Å². The standard InChI is InChI=1S/C21H22BrCl3N2O3/c1-3-18(21(29)26-4-2)27(11-13-5-6-15(24)10-17(13)25)20(28)12-30-19-8-7-14(23)9-16(19)22/h5-10,18H,3-4,11-12H2,1-2H3,(H,26,29)/t18-/m1/s1. The van der Waals surface area contributed by atoms with E-state index in [0.29, 0.717) is 43.8 Å². The number of halogens is 4. The number of ether oxygens (including phenoxy) is 1. The minimum atomic E-state index is -0.665. The van der Waals surface area contributed by atoms with Crippen molar-refractivity contribution in [2.45, 2.75) is 32.9 Å². The van der Waals surface area contributed by atoms with Gasteiger partial charge in [-0.3, -0.25) is 9.59 Å². The quantitative estimate of drug-likeness (QED) is 0.445. The predicted octanol–water partition coefficient (Wildman–Crippen LogP) is 5.73. The second-order valence-corrected chi connectivity index (χ2v) is 8.57. The van der Waals surface area contributed by atoms with Gasteiger partial charge >= 0.3 is 0 Å². The molecule has 0 aromatic heterocycles. The maximum Gasteiger partial charge on any atom is 0.261 e. The molecule has 2 amide bonds. The van der Waals surface area contributed by atoms with Crippen LogP contribution in [0.3, 0.4) is 0 Å². The Morgan fingerprint density at radius 2 is 1.77 bits per heavy atom. The number of nitrogens with zero attached hydrogens (tertiary/aromatic N) is 1. The first kappa shape index (κ1) is 24.8. The molecule has 0 spiro atoms. The van der Waals surface area contributed by atoms with Crippen molar-refractivity contribution >= 4 is 62.5 Å². The first-order valence-electron chi connectivity index (χ1n) is 9.35. The Morgan fingerprint density at radius 1 is 1.10 bits per heavy atom. The number of benzene rings is 2. The summed E-state index contributed by atoms with van der Waals surface area (Å²) >= 11 is 21.6. The van der Waals surface area contributed by atoms with E-state index in [1.807, 2.05) is 13.8 Å². The van der Waals surface area contributed by atoms with Gasteiger partial charge in [-0.2, -0.15) is 0 Å². The maximum atomic E-state index is 13.1. The SMILES string of the molecule is CCNC(=O)[C@@H](CC)N(Cc1ccc(Cl)cc1Cl)C(=O)COc1ccc(Cl)cc1Br. The molecular formula is C21H22BrCl3N2O3. The van der Waals surface area contributed by atoms with Gasteiger partial charge < -0.3 is 15.0 Å². The van der Waals surface area contributed by atoms with Gasteiger partial charge in [0.2, 0.25) is 5.91 Å². The number of hydrogen-bond acceptors (Lipinski definition) is 3. The van der Waals surface area contributed by atoms with Crippen molar-refractivity contribution in [2.24, 2.45) is 0 Å². The number of hydrogen-bond donors (Lipinski definition) is 1. The lowest BCUT2D eigenvalue weighted by Crippen LogP contribution is -2.50. The van der Waals surface area contributed by atoms with E-state index in [9.17, 15) is 9.59 Å². The maximum absolute atomic E-state index is 13.1. The number of amides is 2. The molecule has 0 unspecified atom stereocenters. The molecule has 0 radical (unpaired) electrons. The molecule has 2 aromatic rings. The van der Waals surface area contributed by atoms with E-state index < -0.39 is 6.04 Å². The van der Waals surface area contributed by atoms with Crippen LogP contribution in [0.4, 0.5) is 0 Å². The van der Waals surface area contributed by atoms with Crippen LogP contribution in [-0.4, -0.2) is 35.9 Å². The van der Waals surface area contributed by atoms with Crippen molar-refractivity contribution in [3.8, 4) is 5.75 Å². The van der Waals surface area contributed by atoms with Crippen LogP contribution in [0, 0.1) is 0 Å². The first-order valence-corrected chi connectivity index (χ1v) is 11.3. The summed E-state index contributed by atoms with van der Waals surface area (Å²) in [5.74, 6) is -0.102. The third-order valence-corrected chi connectivity index (χ3v) is 5.78. The Bertz CT molecular complexity index is 911. The minimum absolute atomic E-state index is 0.148. The van der Waals surface area contributed by atoms with Gasteiger partial charge in [0.05, 0.1) is 4.47 Å². The molecule has 30 heavy (non-hydrogen) atoms. The van der Waals surface area contributed by atoms with Gasteiger partial charge in [0.1, 0.15) is 11.8 Å². The predicted molar refractivity (Wildman–Crippen MR) is 124 cm³/mol. The zero-order valence-corrected chi connectivity index (χ0v) is 20.4. The normalized spacial score (nSPS) is 11.7. The summed E-state index contributed by atoms with van der Waals surface area (Å²) in [6.07, 6.45) is 0.438. The molecule has 1 atom stereocenters. The summed E-state index contributed by atoms with van der Waals surface area (Å²) in [6, 6.07) is 9.39. The molecule has 2 aromatic carbocycles. The zero-order chi connectivity index (χ0) is 22.3. The van der Waals surface area contributed by atoms with Crippen LogP contribution in [0.25, 0.3) is 0 Å². The van der Waals surface area contributed by atoms with Crippen molar-refractivity contribution < 1.29 is 14.3 Å². The van der Waals surface area contributed by atoms with E-state index in [0.717, 1.165) is 0 Å². The fourth-order valence-corrected chi connectivity index (χ4v) is 4.13. The Labute approximate surface area is 199 Å². The van der Waals surface area contributed by atoms with E-state index >= 15 is 0 Å². The highest BCUT2D eigenvalue weighted by atomic mass is 79.9. The molecule has 162 valence electrons. The van der Waals surface area contributed by atoms with Crippen molar-refractivity contribution in [3.05, 3.63) is 61.5 Å². The Balaban J connectivity index is 2.26. The van der Waals surface area contributed by atoms with Crippen LogP contribution in [0.1, 0.15) is 25.8 Å². The molecule has 0 heterocycles. The molecule has 0 aliphatic rings. The van der Waals surface area contributed by atoms with Gasteiger partial charge in [-0.1, -0.05) is 47.8 Å². The summed E-state index contributed by atoms with van der Waals surface area (Å²) in [7, 11) is 0. The van der Waals surface area contributed by atoms with Crippen LogP contribution >= 0.6 is 50.7 Å². The van der Waals surface area contributed by atoms with Gasteiger partial charge in [0.25, 0.3) is 5.91 Å². The van der Waals surface area contributed by atoms with Gasteiger partial charge in [0, 0.05) is 28.2 Å². The molecule has 1 N–H and O–H groups in total. The van der Waals surface area contributed by atoms with Crippen LogP contribution < -0.4 is 10.1 Å². The largest absolute Gasteiger partial charge is 0.483 e. The van der Waals surface area contributed by atoms with Gasteiger partial charge in [-0.05, 0) is 65.2 Å². The van der Waals surface area contributed by atoms with E-state index in [1.165, 1.54) is 4.90 Å². The average Bonchev–Trinajstić information content (AvgIpc) is 2.68. The van der Waals surface area contributed by atoms with Crippen LogP contribution in [0.15, 0.2) is 40.9 Å². The number of nitrogens with one attached hydrogen (secondary N) is 1. The Hall–Kier alpha value is -1.47. The third-order valence-electron chi connectivity index (χ3n) is 4.34. The topological polar surface area (TPSA) is 58.6 Å². The highest BCUT2D eigenvalue weighted by Crippen LogP contribution is 2.28. The zero-order valence-electron chi connectivity index (χ0n) is 16.6. The lowest BCUT2D eigenvalue weighted by molar-refractivity contribution is -0.142. The van der Waals surface area contributed by atoms with E-state index in [-0.39, 0.29) is 25.0 Å². The molecular weight excluding hydrogens is 515 g/mol. The fraction of sp³-hybridized carbons (Fsp3) is 0.333. The highest BCUT2D eigenvalue weighted by molar-refractivity contribution is 9.10. The van der Waals surface area contributed by atoms with Gasteiger partial charge in [-0.15, -0.1) is 0 Å². The molecule has 0 fully saturated rings. The molecule has 5 nitrogen and oxygen atoms in total. The molecule has 0 aliphatic heterocycles. The van der Waals surface area contributed by atoms with E-state index in [4.69, 9.17) is 39.5 Å². The summed E-state index contributed by atoms with van der Waals surface area (Å²) in [4.78, 5) is 27.2. The van der Waals surface area contributed by atoms with Crippen LogP contribution in [0.5, 0.6) is 5.75 Å². The summed E-state index contributed by atoms with van der Waals surface area (Å²) < 4.78 is 6.30. The van der Waals surface area contributed by atoms with Gasteiger partial charge in [0.15, 0.2) is 6.61 Å². The smallest absolute Gasteiger partial charge is 0.261 e. The molecule has 0 bridgehead atoms. The highest BCUT2D eigenvalue weighted by Gasteiger charge is 2.29. The summed E-state index contributed by atoms with van der Waals surface area (Å²) in [6.45, 7) is 4.04. The lowest BCUT2D eigenvalue weighted by atomic mass is 10.1. The van der Waals surface area contributed by atoms with E-state index in [1.54, 1.807) is 36.4 Å². The second-order valence-electron chi connectivity index (χ2n) is 6.44. The average molecular weight is 537 g/mol. The molecule has 0 saturated heterocycles. The van der Waals surface area contributed by atoms with Crippen molar-refractivity contribution in [2.75, 3.05) is 13.2 Å². The van der Waals surface area contributed by atoms with Crippen LogP contribution in [-0.2, 0) is 16.1 Å². The summed E-state index contributed by atoms with van der Waals surface area (Å²) in [5, 5.41) is 4.24. The van der Waals surface area contributed by atoms with Crippen LogP contribution in [0.2, 0.25) is 15.1 Å². The minimum Gasteiger partial charge on any atom is -0.483 e. The first-order chi connectivity index (χ1) is 14.3. The second kappa shape index (κ2) is 11.8. The number of carbonyl (C=O) groups is 2.